The Bertz CT molecular complexity index is 105. The molecule has 0 aliphatic rings. The molecule has 0 heterocycles. The molecule has 0 aromatic heterocycles. The summed E-state index contributed by atoms with van der Waals surface area (Å²) in [6.45, 7) is 2.18. The number of hydrogen-bond acceptors (Lipinski definition) is 1. The summed E-state index contributed by atoms with van der Waals surface area (Å²) in [7, 11) is 0. The van der Waals surface area contributed by atoms with Crippen LogP contribution in [0, 0.1) is 0 Å². The van der Waals surface area contributed by atoms with Gasteiger partial charge in [0, 0.05) is 27.5 Å². The first kappa shape index (κ1) is 14.7. The summed E-state index contributed by atoms with van der Waals surface area (Å²) < 4.78 is 0. The zero-order valence-corrected chi connectivity index (χ0v) is 9.72. The fourth-order valence-corrected chi connectivity index (χ4v) is 1.06. The molecule has 0 bridgehead atoms. The second-order valence-corrected chi connectivity index (χ2v) is 2.91. The smallest absolute Gasteiger partial charge is 0.303 e. The Kier molecular flexibility index (Phi) is 13.6. The minimum absolute atomic E-state index is 0. The van der Waals surface area contributed by atoms with Crippen molar-refractivity contribution in [2.45, 2.75) is 51.9 Å². The van der Waals surface area contributed by atoms with Crippen molar-refractivity contribution >= 4 is 5.97 Å². The third-order valence-corrected chi connectivity index (χ3v) is 1.74. The second kappa shape index (κ2) is 11.2. The summed E-state index contributed by atoms with van der Waals surface area (Å²) in [6, 6.07) is 0. The van der Waals surface area contributed by atoms with Gasteiger partial charge in [0.1, 0.15) is 0 Å². The fourth-order valence-electron chi connectivity index (χ4n) is 1.06. The third-order valence-electron chi connectivity index (χ3n) is 1.74. The van der Waals surface area contributed by atoms with E-state index in [-0.39, 0.29) is 21.1 Å². The standard InChI is InChI=1S/C9H18O2.Mo/c1-2-3-4-5-6-7-8-9(10)11;/h2-8H2,1H3,(H,10,11);. The Hall–Kier alpha value is 0.158. The first-order chi connectivity index (χ1) is 5.27. The van der Waals surface area contributed by atoms with Crippen LogP contribution in [0.1, 0.15) is 51.9 Å². The summed E-state index contributed by atoms with van der Waals surface area (Å²) in [5.41, 5.74) is 0. The van der Waals surface area contributed by atoms with Crippen LogP contribution in [-0.4, -0.2) is 11.1 Å². The molecule has 0 aromatic carbocycles. The van der Waals surface area contributed by atoms with Gasteiger partial charge in [-0.1, -0.05) is 39.0 Å². The van der Waals surface area contributed by atoms with Crippen molar-refractivity contribution in [3.63, 3.8) is 0 Å². The molecule has 0 rings (SSSR count). The molecule has 12 heavy (non-hydrogen) atoms. The molecule has 0 aliphatic heterocycles. The molecule has 2 nitrogen and oxygen atoms in total. The molecule has 1 N–H and O–H groups in total. The fraction of sp³-hybridized carbons (Fsp3) is 0.889. The van der Waals surface area contributed by atoms with Gasteiger partial charge in [-0.3, -0.25) is 4.79 Å². The van der Waals surface area contributed by atoms with Crippen LogP contribution in [-0.2, 0) is 25.9 Å². The average molecular weight is 254 g/mol. The summed E-state index contributed by atoms with van der Waals surface area (Å²) >= 11 is 0. The monoisotopic (exact) mass is 256 g/mol. The molecule has 0 atom stereocenters. The van der Waals surface area contributed by atoms with E-state index >= 15 is 0 Å². The zero-order chi connectivity index (χ0) is 8.53. The van der Waals surface area contributed by atoms with Crippen LogP contribution < -0.4 is 0 Å². The maximum absolute atomic E-state index is 10.1. The van der Waals surface area contributed by atoms with E-state index in [4.69, 9.17) is 5.11 Å². The minimum Gasteiger partial charge on any atom is -0.481 e. The van der Waals surface area contributed by atoms with Gasteiger partial charge in [0.25, 0.3) is 0 Å². The molecular formula is C9H18MoO2. The predicted octanol–water partition coefficient (Wildman–Crippen LogP) is 2.82. The van der Waals surface area contributed by atoms with E-state index in [0.29, 0.717) is 6.42 Å². The molecule has 0 amide bonds. The first-order valence-corrected chi connectivity index (χ1v) is 4.49. The Balaban J connectivity index is 0. The molecule has 72 valence electrons. The van der Waals surface area contributed by atoms with Crippen molar-refractivity contribution in [2.24, 2.45) is 0 Å². The van der Waals surface area contributed by atoms with Gasteiger partial charge in [-0.25, -0.2) is 0 Å². The summed E-state index contributed by atoms with van der Waals surface area (Å²) in [5, 5.41) is 8.32. The number of unbranched alkanes of at least 4 members (excludes halogenated alkanes) is 5. The van der Waals surface area contributed by atoms with Gasteiger partial charge in [-0.15, -0.1) is 0 Å². The van der Waals surface area contributed by atoms with Crippen molar-refractivity contribution in [1.82, 2.24) is 0 Å². The quantitative estimate of drug-likeness (QED) is 0.560. The molecule has 3 heteroatoms. The van der Waals surface area contributed by atoms with Crippen LogP contribution in [0.5, 0.6) is 0 Å². The third kappa shape index (κ3) is 12.8. The molecular weight excluding hydrogens is 236 g/mol. The largest absolute Gasteiger partial charge is 0.481 e. The number of hydrogen-bond donors (Lipinski definition) is 1. The van der Waals surface area contributed by atoms with Gasteiger partial charge >= 0.3 is 5.97 Å². The molecule has 0 saturated heterocycles. The number of aliphatic carboxylic acids is 1. The zero-order valence-electron chi connectivity index (χ0n) is 7.71. The first-order valence-electron chi connectivity index (χ1n) is 4.49. The van der Waals surface area contributed by atoms with Crippen LogP contribution in [0.15, 0.2) is 0 Å². The van der Waals surface area contributed by atoms with Crippen molar-refractivity contribution in [3.8, 4) is 0 Å². The van der Waals surface area contributed by atoms with Crippen LogP contribution in [0.3, 0.4) is 0 Å². The van der Waals surface area contributed by atoms with Crippen LogP contribution >= 0.6 is 0 Å². The molecule has 0 fully saturated rings. The van der Waals surface area contributed by atoms with Gasteiger partial charge in [0.15, 0.2) is 0 Å². The second-order valence-electron chi connectivity index (χ2n) is 2.91. The van der Waals surface area contributed by atoms with E-state index in [9.17, 15) is 4.79 Å². The van der Waals surface area contributed by atoms with Gasteiger partial charge < -0.3 is 5.11 Å². The van der Waals surface area contributed by atoms with Gasteiger partial charge in [0.05, 0.1) is 0 Å². The minimum atomic E-state index is -0.666. The van der Waals surface area contributed by atoms with E-state index in [1.807, 2.05) is 0 Å². The number of carboxylic acids is 1. The summed E-state index contributed by atoms with van der Waals surface area (Å²) in [6.07, 6.45) is 7.25. The Morgan fingerprint density at radius 3 is 2.08 bits per heavy atom. The topological polar surface area (TPSA) is 37.3 Å². The Morgan fingerprint density at radius 2 is 1.58 bits per heavy atom. The maximum Gasteiger partial charge on any atom is 0.303 e. The number of carbonyl (C=O) groups is 1. The normalized spacial score (nSPS) is 9.08. The van der Waals surface area contributed by atoms with Crippen LogP contribution in [0.25, 0.3) is 0 Å². The molecule has 0 radical (unpaired) electrons. The van der Waals surface area contributed by atoms with E-state index in [0.717, 1.165) is 12.8 Å². The molecule has 0 aliphatic carbocycles. The molecule has 0 spiro atoms. The van der Waals surface area contributed by atoms with Crippen LogP contribution in [0.4, 0.5) is 0 Å². The molecule has 0 aromatic rings. The average Bonchev–Trinajstić information content (AvgIpc) is 1.96. The maximum atomic E-state index is 10.1. The van der Waals surface area contributed by atoms with Crippen LogP contribution in [0.2, 0.25) is 0 Å². The van der Waals surface area contributed by atoms with Gasteiger partial charge in [0.2, 0.25) is 0 Å². The van der Waals surface area contributed by atoms with Crippen molar-refractivity contribution in [1.29, 1.82) is 0 Å². The van der Waals surface area contributed by atoms with E-state index in [1.165, 1.54) is 25.7 Å². The Labute approximate surface area is 89.0 Å². The Morgan fingerprint density at radius 1 is 1.08 bits per heavy atom. The number of rotatable bonds is 7. The van der Waals surface area contributed by atoms with Crippen molar-refractivity contribution in [3.05, 3.63) is 0 Å². The summed E-state index contributed by atoms with van der Waals surface area (Å²) in [4.78, 5) is 10.1. The molecule has 0 unspecified atom stereocenters. The predicted molar refractivity (Wildman–Crippen MR) is 45.6 cm³/mol. The summed E-state index contributed by atoms with van der Waals surface area (Å²) in [5.74, 6) is -0.666. The van der Waals surface area contributed by atoms with Gasteiger partial charge in [-0.05, 0) is 6.42 Å². The van der Waals surface area contributed by atoms with E-state index < -0.39 is 5.97 Å². The van der Waals surface area contributed by atoms with Gasteiger partial charge in [-0.2, -0.15) is 0 Å². The molecule has 0 saturated carbocycles. The van der Waals surface area contributed by atoms with Crippen molar-refractivity contribution < 1.29 is 31.0 Å². The van der Waals surface area contributed by atoms with Crippen molar-refractivity contribution in [2.75, 3.05) is 0 Å². The van der Waals surface area contributed by atoms with E-state index in [1.54, 1.807) is 0 Å². The SMILES string of the molecule is CCCCCCCCC(=O)O.[Mo]. The number of carboxylic acid groups (broad SMARTS) is 1. The van der Waals surface area contributed by atoms with E-state index in [2.05, 4.69) is 6.92 Å².